The minimum atomic E-state index is -0.660. The first-order valence-corrected chi connectivity index (χ1v) is 19.9. The van der Waals surface area contributed by atoms with Gasteiger partial charge >= 0.3 is 6.09 Å². The van der Waals surface area contributed by atoms with Crippen molar-refractivity contribution < 1.29 is 33.3 Å². The van der Waals surface area contributed by atoms with Gasteiger partial charge in [0.1, 0.15) is 23.7 Å². The molecule has 0 spiro atoms. The number of carbonyl (C=O) groups excluding carboxylic acids is 3. The van der Waals surface area contributed by atoms with Crippen molar-refractivity contribution in [3.05, 3.63) is 72.3 Å². The maximum atomic E-state index is 15.1. The molecular weight excluding hydrogens is 697 g/mol. The van der Waals surface area contributed by atoms with Gasteiger partial charge in [-0.15, -0.1) is 0 Å². The van der Waals surface area contributed by atoms with Crippen LogP contribution in [0.3, 0.4) is 0 Å². The highest BCUT2D eigenvalue weighted by molar-refractivity contribution is 6.01. The molecule has 0 unspecified atom stereocenters. The van der Waals surface area contributed by atoms with E-state index in [4.69, 9.17) is 18.9 Å². The van der Waals surface area contributed by atoms with Gasteiger partial charge in [0, 0.05) is 51.1 Å². The topological polar surface area (TPSA) is 101 Å². The van der Waals surface area contributed by atoms with Gasteiger partial charge in [0.05, 0.1) is 11.6 Å². The van der Waals surface area contributed by atoms with Gasteiger partial charge in [-0.05, 0) is 126 Å². The van der Waals surface area contributed by atoms with E-state index in [1.807, 2.05) is 56.0 Å². The second kappa shape index (κ2) is 16.6. The van der Waals surface area contributed by atoms with Crippen LogP contribution in [0.4, 0.5) is 16.2 Å². The lowest BCUT2D eigenvalue weighted by atomic mass is 9.78. The maximum Gasteiger partial charge on any atom is 0.410 e. The number of rotatable bonds is 12. The summed E-state index contributed by atoms with van der Waals surface area (Å²) in [5.41, 5.74) is 3.93. The maximum absolute atomic E-state index is 15.1. The van der Waals surface area contributed by atoms with Crippen molar-refractivity contribution in [1.29, 1.82) is 0 Å². The van der Waals surface area contributed by atoms with E-state index in [0.717, 1.165) is 53.9 Å². The third kappa shape index (κ3) is 9.10. The van der Waals surface area contributed by atoms with E-state index in [9.17, 15) is 9.59 Å². The number of ether oxygens (including phenoxy) is 4. The summed E-state index contributed by atoms with van der Waals surface area (Å²) < 4.78 is 23.0. The molecule has 3 fully saturated rings. The zero-order valence-corrected chi connectivity index (χ0v) is 33.0. The molecular formula is C44H56N4O7. The quantitative estimate of drug-likeness (QED) is 0.180. The normalized spacial score (nSPS) is 21.5. The fourth-order valence-corrected chi connectivity index (χ4v) is 8.15. The first-order valence-electron chi connectivity index (χ1n) is 19.9. The first kappa shape index (κ1) is 38.7. The Morgan fingerprint density at radius 3 is 2.45 bits per heavy atom. The van der Waals surface area contributed by atoms with E-state index in [1.165, 1.54) is 6.42 Å². The van der Waals surface area contributed by atoms with E-state index >= 15 is 4.79 Å². The molecule has 55 heavy (non-hydrogen) atoms. The molecule has 11 nitrogen and oxygen atoms in total. The molecule has 1 aliphatic carbocycles. The number of nitrogens with zero attached hydrogens (tertiary/aromatic N) is 4. The van der Waals surface area contributed by atoms with Crippen molar-refractivity contribution in [1.82, 2.24) is 9.80 Å². The average Bonchev–Trinajstić information content (AvgIpc) is 3.93. The standard InChI is InChI=1S/C44H56N4O7/c1-44(2,3)55-43(51)46-23-20-37(32-10-6-9-31(25-32)30-12-17-36(18-13-30)53-28-35-11-7-21-45(35)4)38(27-46)42(50)48(33-14-15-33)34-16-19-40-39(26-34)47(22-8-24-52-5)41(49)29-54-40/h6,9-10,12-13,16-19,25-26,33,35,37-38H,7-8,11,14-15,20-24,27-29H2,1-5H3/t35-,37+,38-/m0/s1. The molecule has 294 valence electrons. The number of piperidine rings is 1. The molecule has 4 aliphatic rings. The van der Waals surface area contributed by atoms with Crippen LogP contribution >= 0.6 is 0 Å². The van der Waals surface area contributed by atoms with E-state index < -0.39 is 17.6 Å². The van der Waals surface area contributed by atoms with Crippen LogP contribution in [0.15, 0.2) is 66.7 Å². The summed E-state index contributed by atoms with van der Waals surface area (Å²) >= 11 is 0. The summed E-state index contributed by atoms with van der Waals surface area (Å²) in [6, 6.07) is 22.9. The number of hydrogen-bond acceptors (Lipinski definition) is 8. The number of anilines is 2. The van der Waals surface area contributed by atoms with E-state index in [-0.39, 0.29) is 36.9 Å². The van der Waals surface area contributed by atoms with E-state index in [0.29, 0.717) is 56.6 Å². The van der Waals surface area contributed by atoms with Gasteiger partial charge in [0.2, 0.25) is 5.91 Å². The molecule has 3 aromatic carbocycles. The predicted molar refractivity (Wildman–Crippen MR) is 213 cm³/mol. The number of hydrogen-bond donors (Lipinski definition) is 0. The monoisotopic (exact) mass is 752 g/mol. The largest absolute Gasteiger partial charge is 0.492 e. The Morgan fingerprint density at radius 1 is 0.945 bits per heavy atom. The molecule has 1 saturated carbocycles. The first-order chi connectivity index (χ1) is 26.5. The van der Waals surface area contributed by atoms with E-state index in [1.54, 1.807) is 16.9 Å². The highest BCUT2D eigenvalue weighted by atomic mass is 16.6. The summed E-state index contributed by atoms with van der Waals surface area (Å²) in [5, 5.41) is 0. The summed E-state index contributed by atoms with van der Waals surface area (Å²) in [6.45, 7) is 9.09. The van der Waals surface area contributed by atoms with Crippen molar-refractivity contribution in [2.24, 2.45) is 5.92 Å². The molecule has 0 N–H and O–H groups in total. The minimum absolute atomic E-state index is 0.0237. The number of methoxy groups -OCH3 is 1. The Hall–Kier alpha value is -4.61. The van der Waals surface area contributed by atoms with Crippen LogP contribution in [-0.2, 0) is 19.1 Å². The predicted octanol–water partition coefficient (Wildman–Crippen LogP) is 7.12. The van der Waals surface area contributed by atoms with Crippen molar-refractivity contribution >= 4 is 29.3 Å². The van der Waals surface area contributed by atoms with Crippen LogP contribution in [0.1, 0.15) is 70.8 Å². The molecule has 2 saturated heterocycles. The minimum Gasteiger partial charge on any atom is -0.492 e. The van der Waals surface area contributed by atoms with Gasteiger partial charge < -0.3 is 38.5 Å². The van der Waals surface area contributed by atoms with Gasteiger partial charge in [-0.3, -0.25) is 9.59 Å². The molecule has 3 heterocycles. The van der Waals surface area contributed by atoms with Crippen LogP contribution < -0.4 is 19.3 Å². The Bertz CT molecular complexity index is 1840. The lowest BCUT2D eigenvalue weighted by Crippen LogP contribution is -2.51. The lowest BCUT2D eigenvalue weighted by Gasteiger charge is -2.41. The molecule has 3 aromatic rings. The zero-order chi connectivity index (χ0) is 38.7. The smallest absolute Gasteiger partial charge is 0.410 e. The molecule has 11 heteroatoms. The van der Waals surface area contributed by atoms with Crippen molar-refractivity contribution in [3.63, 3.8) is 0 Å². The molecule has 0 aromatic heterocycles. The molecule has 7 rings (SSSR count). The van der Waals surface area contributed by atoms with E-state index in [2.05, 4.69) is 48.3 Å². The van der Waals surface area contributed by atoms with Crippen LogP contribution in [0.2, 0.25) is 0 Å². The van der Waals surface area contributed by atoms with Crippen LogP contribution in [0.25, 0.3) is 11.1 Å². The Kier molecular flexibility index (Phi) is 11.7. The van der Waals surface area contributed by atoms with Gasteiger partial charge in [0.25, 0.3) is 5.91 Å². The van der Waals surface area contributed by atoms with Crippen molar-refractivity contribution in [2.75, 3.05) is 70.0 Å². The fraction of sp³-hybridized carbons (Fsp3) is 0.523. The Morgan fingerprint density at radius 2 is 1.75 bits per heavy atom. The fourth-order valence-electron chi connectivity index (χ4n) is 8.15. The number of likely N-dealkylation sites (N-methyl/N-ethyl adjacent to an activating group) is 1. The molecule has 3 atom stereocenters. The number of likely N-dealkylation sites (tertiary alicyclic amines) is 2. The highest BCUT2D eigenvalue weighted by Gasteiger charge is 2.44. The summed E-state index contributed by atoms with van der Waals surface area (Å²) in [7, 11) is 3.81. The second-order valence-corrected chi connectivity index (χ2v) is 16.4. The van der Waals surface area contributed by atoms with Gasteiger partial charge in [-0.2, -0.15) is 0 Å². The zero-order valence-electron chi connectivity index (χ0n) is 33.0. The summed E-state index contributed by atoms with van der Waals surface area (Å²) in [4.78, 5) is 49.3. The summed E-state index contributed by atoms with van der Waals surface area (Å²) in [6.07, 6.45) is 5.03. The van der Waals surface area contributed by atoms with Crippen LogP contribution in [-0.4, -0.2) is 106 Å². The van der Waals surface area contributed by atoms with Gasteiger partial charge in [-0.25, -0.2) is 4.79 Å². The van der Waals surface area contributed by atoms with Crippen LogP contribution in [0, 0.1) is 5.92 Å². The lowest BCUT2D eigenvalue weighted by molar-refractivity contribution is -0.124. The number of amides is 3. The average molecular weight is 753 g/mol. The van der Waals surface area contributed by atoms with Crippen molar-refractivity contribution in [2.45, 2.75) is 82.9 Å². The van der Waals surface area contributed by atoms with Crippen LogP contribution in [0.5, 0.6) is 11.5 Å². The summed E-state index contributed by atoms with van der Waals surface area (Å²) in [5.74, 6) is 0.670. The third-order valence-corrected chi connectivity index (χ3v) is 11.2. The number of carbonyl (C=O) groups is 3. The molecule has 3 aliphatic heterocycles. The van der Waals surface area contributed by atoms with Crippen molar-refractivity contribution in [3.8, 4) is 22.6 Å². The third-order valence-electron chi connectivity index (χ3n) is 11.2. The second-order valence-electron chi connectivity index (χ2n) is 16.4. The molecule has 0 radical (unpaired) electrons. The molecule has 3 amide bonds. The Labute approximate surface area is 325 Å². The number of benzene rings is 3. The number of fused-ring (bicyclic) bond motifs is 1. The van der Waals surface area contributed by atoms with Gasteiger partial charge in [-0.1, -0.05) is 36.4 Å². The molecule has 0 bridgehead atoms. The SMILES string of the molecule is COCCCN1C(=O)COc2ccc(N(C(=O)[C@H]3CN(C(=O)OC(C)(C)C)CC[C@@H]3c3cccc(-c4ccc(OC[C@@H]5CCCN5C)cc4)c3)C3CC3)cc21. The highest BCUT2D eigenvalue weighted by Crippen LogP contribution is 2.43. The Balaban J connectivity index is 1.16. The van der Waals surface area contributed by atoms with Gasteiger partial charge in [0.15, 0.2) is 6.61 Å².